The molecule has 1 N–H and O–H groups in total. The van der Waals surface area contributed by atoms with Crippen molar-refractivity contribution >= 4 is 17.9 Å². The first-order valence-electron chi connectivity index (χ1n) is 4.59. The lowest BCUT2D eigenvalue weighted by Crippen LogP contribution is -2.02. The topological polar surface area (TPSA) is 46.5 Å². The van der Waals surface area contributed by atoms with Gasteiger partial charge in [0.05, 0.1) is 12.1 Å². The zero-order valence-corrected chi connectivity index (χ0v) is 9.41. The quantitative estimate of drug-likeness (QED) is 0.806. The number of hydrogen-bond acceptors (Lipinski definition) is 3. The van der Waals surface area contributed by atoms with Crippen LogP contribution in [-0.2, 0) is 11.2 Å². The molecule has 0 amide bonds. The van der Waals surface area contributed by atoms with Crippen molar-refractivity contribution < 1.29 is 14.6 Å². The van der Waals surface area contributed by atoms with Crippen LogP contribution in [0.3, 0.4) is 0 Å². The predicted molar refractivity (Wildman–Crippen MR) is 58.6 cm³/mol. The van der Waals surface area contributed by atoms with Crippen molar-refractivity contribution in [3.05, 3.63) is 22.7 Å². The van der Waals surface area contributed by atoms with Crippen LogP contribution in [0.2, 0.25) is 5.02 Å². The first-order chi connectivity index (χ1) is 7.08. The molecule has 4 heteroatoms. The first kappa shape index (κ1) is 11.9. The van der Waals surface area contributed by atoms with E-state index in [0.717, 1.165) is 11.8 Å². The Morgan fingerprint density at radius 1 is 1.60 bits per heavy atom. The second-order valence-electron chi connectivity index (χ2n) is 3.44. The summed E-state index contributed by atoms with van der Waals surface area (Å²) in [4.78, 5) is 10.5. The van der Waals surface area contributed by atoms with E-state index in [1.54, 1.807) is 13.0 Å². The number of ether oxygens (including phenoxy) is 1. The fourth-order valence-corrected chi connectivity index (χ4v) is 1.72. The van der Waals surface area contributed by atoms with Crippen molar-refractivity contribution in [1.29, 1.82) is 0 Å². The van der Waals surface area contributed by atoms with Crippen LogP contribution in [0.15, 0.2) is 12.1 Å². The second-order valence-corrected chi connectivity index (χ2v) is 3.84. The van der Waals surface area contributed by atoms with Crippen molar-refractivity contribution in [3.63, 3.8) is 0 Å². The number of benzene rings is 1. The van der Waals surface area contributed by atoms with Crippen LogP contribution < -0.4 is 4.74 Å². The summed E-state index contributed by atoms with van der Waals surface area (Å²) in [6.45, 7) is 1.80. The lowest BCUT2D eigenvalue weighted by Gasteiger charge is -2.12. The third-order valence-corrected chi connectivity index (χ3v) is 2.36. The highest BCUT2D eigenvalue weighted by Gasteiger charge is 2.12. The summed E-state index contributed by atoms with van der Waals surface area (Å²) in [5, 5.41) is 9.72. The summed E-state index contributed by atoms with van der Waals surface area (Å²) < 4.78 is 5.12. The zero-order valence-electron chi connectivity index (χ0n) is 8.66. The summed E-state index contributed by atoms with van der Waals surface area (Å²) in [5.74, 6) is 0.467. The van der Waals surface area contributed by atoms with Crippen LogP contribution >= 0.6 is 11.6 Å². The minimum Gasteiger partial charge on any atom is -0.508 e. The van der Waals surface area contributed by atoms with Gasteiger partial charge in [0.2, 0.25) is 0 Å². The molecule has 1 aromatic carbocycles. The van der Waals surface area contributed by atoms with E-state index in [4.69, 9.17) is 16.3 Å². The fourth-order valence-electron chi connectivity index (χ4n) is 1.41. The van der Waals surface area contributed by atoms with Crippen molar-refractivity contribution in [2.24, 2.45) is 5.92 Å². The van der Waals surface area contributed by atoms with Crippen molar-refractivity contribution in [2.75, 3.05) is 7.11 Å². The molecule has 0 aliphatic heterocycles. The molecular formula is C11H13ClO3. The highest BCUT2D eigenvalue weighted by atomic mass is 35.5. The van der Waals surface area contributed by atoms with E-state index < -0.39 is 0 Å². The number of halogens is 1. The summed E-state index contributed by atoms with van der Waals surface area (Å²) in [6.07, 6.45) is 1.36. The van der Waals surface area contributed by atoms with Gasteiger partial charge in [0.25, 0.3) is 0 Å². The van der Waals surface area contributed by atoms with Gasteiger partial charge in [-0.3, -0.25) is 0 Å². The molecule has 0 bridgehead atoms. The van der Waals surface area contributed by atoms with Gasteiger partial charge in [0.15, 0.2) is 0 Å². The average molecular weight is 229 g/mol. The summed E-state index contributed by atoms with van der Waals surface area (Å²) in [7, 11) is 1.51. The smallest absolute Gasteiger partial charge is 0.140 e. The molecule has 0 heterocycles. The van der Waals surface area contributed by atoms with Gasteiger partial charge in [-0.1, -0.05) is 18.5 Å². The Kier molecular flexibility index (Phi) is 3.97. The second kappa shape index (κ2) is 5.03. The van der Waals surface area contributed by atoms with Gasteiger partial charge >= 0.3 is 0 Å². The van der Waals surface area contributed by atoms with Crippen molar-refractivity contribution in [1.82, 2.24) is 0 Å². The SMILES string of the molecule is COc1c(Cl)cc(O)cc1CC(C)C=O. The normalized spacial score (nSPS) is 12.2. The van der Waals surface area contributed by atoms with Gasteiger partial charge in [0.1, 0.15) is 17.8 Å². The molecule has 0 aromatic heterocycles. The van der Waals surface area contributed by atoms with Gasteiger partial charge < -0.3 is 14.6 Å². The average Bonchev–Trinajstić information content (AvgIpc) is 2.17. The fraction of sp³-hybridized carbons (Fsp3) is 0.364. The minimum absolute atomic E-state index is 0.0777. The van der Waals surface area contributed by atoms with Crippen molar-refractivity contribution in [2.45, 2.75) is 13.3 Å². The molecule has 0 fully saturated rings. The number of aldehydes is 1. The van der Waals surface area contributed by atoms with Crippen LogP contribution in [0, 0.1) is 5.92 Å². The number of phenolic OH excluding ortho intramolecular Hbond substituents is 1. The molecule has 1 aromatic rings. The van der Waals surface area contributed by atoms with Crippen LogP contribution in [0.4, 0.5) is 0 Å². The molecule has 82 valence electrons. The maximum atomic E-state index is 10.5. The highest BCUT2D eigenvalue weighted by Crippen LogP contribution is 2.33. The molecular weight excluding hydrogens is 216 g/mol. The zero-order chi connectivity index (χ0) is 11.4. The lowest BCUT2D eigenvalue weighted by atomic mass is 10.0. The standard InChI is InChI=1S/C11H13ClO3/c1-7(6-13)3-8-4-9(14)5-10(12)11(8)15-2/h4-7,14H,3H2,1-2H3. The summed E-state index contributed by atoms with van der Waals surface area (Å²) >= 11 is 5.89. The van der Waals surface area contributed by atoms with E-state index in [9.17, 15) is 9.90 Å². The number of methoxy groups -OCH3 is 1. The monoisotopic (exact) mass is 228 g/mol. The van der Waals surface area contributed by atoms with Crippen LogP contribution in [0.1, 0.15) is 12.5 Å². The molecule has 15 heavy (non-hydrogen) atoms. The maximum absolute atomic E-state index is 10.5. The van der Waals surface area contributed by atoms with E-state index in [2.05, 4.69) is 0 Å². The Hall–Kier alpha value is -1.22. The van der Waals surface area contributed by atoms with Gasteiger partial charge in [-0.15, -0.1) is 0 Å². The Morgan fingerprint density at radius 3 is 2.80 bits per heavy atom. The van der Waals surface area contributed by atoms with E-state index in [0.29, 0.717) is 17.2 Å². The highest BCUT2D eigenvalue weighted by molar-refractivity contribution is 6.32. The summed E-state index contributed by atoms with van der Waals surface area (Å²) in [6, 6.07) is 2.97. The van der Waals surface area contributed by atoms with E-state index in [1.165, 1.54) is 13.2 Å². The largest absolute Gasteiger partial charge is 0.508 e. The Morgan fingerprint density at radius 2 is 2.27 bits per heavy atom. The van der Waals surface area contributed by atoms with Gasteiger partial charge in [-0.25, -0.2) is 0 Å². The number of phenols is 1. The first-order valence-corrected chi connectivity index (χ1v) is 4.97. The number of hydrogen-bond donors (Lipinski definition) is 1. The molecule has 0 saturated carbocycles. The number of rotatable bonds is 4. The lowest BCUT2D eigenvalue weighted by molar-refractivity contribution is -0.110. The maximum Gasteiger partial charge on any atom is 0.140 e. The van der Waals surface area contributed by atoms with Crippen LogP contribution in [-0.4, -0.2) is 18.5 Å². The van der Waals surface area contributed by atoms with E-state index >= 15 is 0 Å². The molecule has 0 aliphatic rings. The number of aromatic hydroxyl groups is 1. The Bertz CT molecular complexity index is 363. The molecule has 1 rings (SSSR count). The minimum atomic E-state index is -0.128. The van der Waals surface area contributed by atoms with Crippen molar-refractivity contribution in [3.8, 4) is 11.5 Å². The summed E-state index contributed by atoms with van der Waals surface area (Å²) in [5.41, 5.74) is 0.738. The Labute approximate surface area is 93.6 Å². The van der Waals surface area contributed by atoms with Gasteiger partial charge in [-0.05, 0) is 12.5 Å². The molecule has 0 radical (unpaired) electrons. The molecule has 3 nitrogen and oxygen atoms in total. The van der Waals surface area contributed by atoms with E-state index in [1.807, 2.05) is 0 Å². The number of carbonyl (C=O) groups is 1. The molecule has 1 unspecified atom stereocenters. The molecule has 0 spiro atoms. The third kappa shape index (κ3) is 2.86. The van der Waals surface area contributed by atoms with Gasteiger partial charge in [0, 0.05) is 17.5 Å². The number of carbonyl (C=O) groups excluding carboxylic acids is 1. The van der Waals surface area contributed by atoms with Crippen LogP contribution in [0.5, 0.6) is 11.5 Å². The van der Waals surface area contributed by atoms with E-state index in [-0.39, 0.29) is 11.7 Å². The molecule has 1 atom stereocenters. The third-order valence-electron chi connectivity index (χ3n) is 2.08. The molecule has 0 aliphatic carbocycles. The molecule has 0 saturated heterocycles. The predicted octanol–water partition coefficient (Wildman–Crippen LogP) is 2.43. The van der Waals surface area contributed by atoms with Crippen LogP contribution in [0.25, 0.3) is 0 Å². The van der Waals surface area contributed by atoms with Gasteiger partial charge in [-0.2, -0.15) is 0 Å². The Balaban J connectivity index is 3.08.